The molecular formula is C17H32O4Si. The van der Waals surface area contributed by atoms with E-state index >= 15 is 0 Å². The first-order chi connectivity index (χ1) is 10.2. The summed E-state index contributed by atoms with van der Waals surface area (Å²) in [5.74, 6) is -0.118. The van der Waals surface area contributed by atoms with E-state index in [1.165, 1.54) is 20.3 Å². The third-order valence-corrected chi connectivity index (χ3v) is 9.50. The SMILES string of the molecule is CC[C@@H]1C(C)C(C(=O)OC)(C(=O)OC)C[C@H]1C[Si](C)(C)CC. The molecule has 1 aliphatic rings. The number of ether oxygens (including phenoxy) is 2. The molecule has 1 aliphatic carbocycles. The molecule has 0 heterocycles. The molecule has 0 saturated heterocycles. The van der Waals surface area contributed by atoms with Crippen LogP contribution in [0.4, 0.5) is 0 Å². The van der Waals surface area contributed by atoms with Crippen LogP contribution in [0.2, 0.25) is 25.2 Å². The van der Waals surface area contributed by atoms with Gasteiger partial charge in [-0.05, 0) is 24.2 Å². The summed E-state index contributed by atoms with van der Waals surface area (Å²) in [6.07, 6.45) is 1.55. The summed E-state index contributed by atoms with van der Waals surface area (Å²) in [6.45, 7) is 11.2. The number of esters is 2. The summed E-state index contributed by atoms with van der Waals surface area (Å²) in [5, 5.41) is 0. The third-order valence-electron chi connectivity index (χ3n) is 5.95. The van der Waals surface area contributed by atoms with Crippen LogP contribution in [0.25, 0.3) is 0 Å². The van der Waals surface area contributed by atoms with E-state index in [9.17, 15) is 9.59 Å². The second-order valence-electron chi connectivity index (χ2n) is 7.50. The second kappa shape index (κ2) is 7.15. The molecule has 0 bridgehead atoms. The minimum absolute atomic E-state index is 0.0379. The maximum Gasteiger partial charge on any atom is 0.323 e. The van der Waals surface area contributed by atoms with E-state index in [-0.39, 0.29) is 5.92 Å². The molecule has 1 rings (SSSR count). The van der Waals surface area contributed by atoms with Crippen LogP contribution < -0.4 is 0 Å². The number of methoxy groups -OCH3 is 2. The van der Waals surface area contributed by atoms with E-state index in [0.29, 0.717) is 18.3 Å². The quantitative estimate of drug-likeness (QED) is 0.423. The molecule has 0 N–H and O–H groups in total. The first kappa shape index (κ1) is 19.2. The van der Waals surface area contributed by atoms with Gasteiger partial charge in [0.15, 0.2) is 5.41 Å². The fourth-order valence-electron chi connectivity index (χ4n) is 4.28. The zero-order chi connectivity index (χ0) is 17.1. The first-order valence-corrected chi connectivity index (χ1v) is 11.8. The highest BCUT2D eigenvalue weighted by Gasteiger charge is 2.61. The van der Waals surface area contributed by atoms with Gasteiger partial charge in [0.2, 0.25) is 0 Å². The van der Waals surface area contributed by atoms with Gasteiger partial charge in [0.25, 0.3) is 0 Å². The molecule has 0 amide bonds. The van der Waals surface area contributed by atoms with Crippen LogP contribution in [0.5, 0.6) is 0 Å². The zero-order valence-corrected chi connectivity index (χ0v) is 16.2. The summed E-state index contributed by atoms with van der Waals surface area (Å²) in [7, 11) is 1.43. The normalized spacial score (nSPS) is 27.5. The highest BCUT2D eigenvalue weighted by atomic mass is 28.3. The van der Waals surface area contributed by atoms with Crippen LogP contribution in [0.1, 0.15) is 33.6 Å². The van der Waals surface area contributed by atoms with Gasteiger partial charge in [-0.2, -0.15) is 0 Å². The average molecular weight is 329 g/mol. The number of rotatable bonds is 6. The van der Waals surface area contributed by atoms with E-state index < -0.39 is 25.4 Å². The predicted molar refractivity (Wildman–Crippen MR) is 90.3 cm³/mol. The first-order valence-electron chi connectivity index (χ1n) is 8.37. The molecule has 0 aliphatic heterocycles. The number of carbonyl (C=O) groups is 2. The van der Waals surface area contributed by atoms with E-state index in [1.807, 2.05) is 6.92 Å². The molecule has 0 aromatic carbocycles. The molecule has 0 radical (unpaired) electrons. The van der Waals surface area contributed by atoms with Gasteiger partial charge in [0.05, 0.1) is 14.2 Å². The van der Waals surface area contributed by atoms with Gasteiger partial charge in [-0.25, -0.2) is 0 Å². The minimum Gasteiger partial charge on any atom is -0.468 e. The van der Waals surface area contributed by atoms with Crippen LogP contribution in [0.15, 0.2) is 0 Å². The maximum atomic E-state index is 12.5. The van der Waals surface area contributed by atoms with Crippen molar-refractivity contribution in [1.29, 1.82) is 0 Å². The Bertz CT molecular complexity index is 403. The highest BCUT2D eigenvalue weighted by Crippen LogP contribution is 2.55. The molecule has 1 unspecified atom stereocenters. The molecule has 5 heteroatoms. The van der Waals surface area contributed by atoms with E-state index in [2.05, 4.69) is 26.9 Å². The lowest BCUT2D eigenvalue weighted by molar-refractivity contribution is -0.172. The molecule has 0 aromatic heterocycles. The molecule has 0 spiro atoms. The van der Waals surface area contributed by atoms with E-state index in [4.69, 9.17) is 9.47 Å². The van der Waals surface area contributed by atoms with Crippen molar-refractivity contribution in [3.8, 4) is 0 Å². The molecule has 3 atom stereocenters. The van der Waals surface area contributed by atoms with E-state index in [0.717, 1.165) is 12.5 Å². The molecule has 0 aromatic rings. The Kier molecular flexibility index (Phi) is 6.24. The summed E-state index contributed by atoms with van der Waals surface area (Å²) in [4.78, 5) is 25.0. The third kappa shape index (κ3) is 3.24. The lowest BCUT2D eigenvalue weighted by atomic mass is 9.76. The highest BCUT2D eigenvalue weighted by molar-refractivity contribution is 6.77. The van der Waals surface area contributed by atoms with Crippen LogP contribution >= 0.6 is 0 Å². The van der Waals surface area contributed by atoms with Crippen molar-refractivity contribution in [2.75, 3.05) is 14.2 Å². The fraction of sp³-hybridized carbons (Fsp3) is 0.882. The van der Waals surface area contributed by atoms with Gasteiger partial charge in [0.1, 0.15) is 0 Å². The van der Waals surface area contributed by atoms with Crippen molar-refractivity contribution < 1.29 is 19.1 Å². The summed E-state index contributed by atoms with van der Waals surface area (Å²) < 4.78 is 10.0. The number of hydrogen-bond acceptors (Lipinski definition) is 4. The monoisotopic (exact) mass is 328 g/mol. The van der Waals surface area contributed by atoms with Crippen molar-refractivity contribution in [2.45, 2.75) is 58.8 Å². The Hall–Kier alpha value is -0.843. The number of carbonyl (C=O) groups excluding carboxylic acids is 2. The molecular weight excluding hydrogens is 296 g/mol. The summed E-state index contributed by atoms with van der Waals surface area (Å²) >= 11 is 0. The second-order valence-corrected chi connectivity index (χ2v) is 12.9. The predicted octanol–water partition coefficient (Wildman–Crippen LogP) is 3.73. The molecule has 1 saturated carbocycles. The van der Waals surface area contributed by atoms with Crippen molar-refractivity contribution >= 4 is 20.0 Å². The standard InChI is InChI=1S/C17H32O4Si/c1-8-14-12(3)17(15(18)20-4,16(19)21-5)10-13(14)11-22(6,7)9-2/h12-14H,8-11H2,1-7H3/t12?,13-,14+/m0/s1. The van der Waals surface area contributed by atoms with E-state index in [1.54, 1.807) is 0 Å². The Labute approximate surface area is 136 Å². The fourth-order valence-corrected chi connectivity index (χ4v) is 6.43. The molecule has 22 heavy (non-hydrogen) atoms. The largest absolute Gasteiger partial charge is 0.468 e. The van der Waals surface area contributed by atoms with Crippen molar-refractivity contribution in [2.24, 2.45) is 23.2 Å². The molecule has 1 fully saturated rings. The Morgan fingerprint density at radius 2 is 1.64 bits per heavy atom. The topological polar surface area (TPSA) is 52.6 Å². The maximum absolute atomic E-state index is 12.5. The number of hydrogen-bond donors (Lipinski definition) is 0. The molecule has 128 valence electrons. The Balaban J connectivity index is 3.21. The van der Waals surface area contributed by atoms with Gasteiger partial charge >= 0.3 is 11.9 Å². The summed E-state index contributed by atoms with van der Waals surface area (Å²) in [5.41, 5.74) is -1.12. The van der Waals surface area contributed by atoms with Crippen molar-refractivity contribution in [3.05, 3.63) is 0 Å². The minimum atomic E-state index is -1.29. The van der Waals surface area contributed by atoms with Gasteiger partial charge in [-0.15, -0.1) is 0 Å². The molecule has 4 nitrogen and oxygen atoms in total. The summed E-state index contributed by atoms with van der Waals surface area (Å²) in [6, 6.07) is 2.37. The average Bonchev–Trinajstić information content (AvgIpc) is 2.77. The van der Waals surface area contributed by atoms with Gasteiger partial charge in [-0.1, -0.05) is 52.4 Å². The van der Waals surface area contributed by atoms with Crippen LogP contribution in [0.3, 0.4) is 0 Å². The van der Waals surface area contributed by atoms with Crippen molar-refractivity contribution in [1.82, 2.24) is 0 Å². The van der Waals surface area contributed by atoms with Crippen LogP contribution in [-0.4, -0.2) is 34.2 Å². The smallest absolute Gasteiger partial charge is 0.323 e. The lowest BCUT2D eigenvalue weighted by Gasteiger charge is -2.29. The Morgan fingerprint density at radius 3 is 2.00 bits per heavy atom. The zero-order valence-electron chi connectivity index (χ0n) is 15.2. The van der Waals surface area contributed by atoms with Crippen LogP contribution in [0, 0.1) is 23.2 Å². The van der Waals surface area contributed by atoms with Crippen LogP contribution in [-0.2, 0) is 19.1 Å². The van der Waals surface area contributed by atoms with Crippen molar-refractivity contribution in [3.63, 3.8) is 0 Å². The van der Waals surface area contributed by atoms with Gasteiger partial charge < -0.3 is 9.47 Å². The van der Waals surface area contributed by atoms with Gasteiger partial charge in [-0.3, -0.25) is 9.59 Å². The lowest BCUT2D eigenvalue weighted by Crippen LogP contribution is -2.44. The van der Waals surface area contributed by atoms with Gasteiger partial charge in [0, 0.05) is 8.07 Å². The Morgan fingerprint density at radius 1 is 1.14 bits per heavy atom.